The Bertz CT molecular complexity index is 306. The Morgan fingerprint density at radius 1 is 1.38 bits per heavy atom. The van der Waals surface area contributed by atoms with Crippen molar-refractivity contribution in [1.82, 2.24) is 9.97 Å². The Kier molecular flexibility index (Phi) is 5.56. The summed E-state index contributed by atoms with van der Waals surface area (Å²) in [7, 11) is 1.98. The minimum atomic E-state index is 0.708. The van der Waals surface area contributed by atoms with Crippen molar-refractivity contribution in [2.75, 3.05) is 43.6 Å². The predicted molar refractivity (Wildman–Crippen MR) is 66.0 cm³/mol. The molecule has 1 rings (SSSR count). The van der Waals surface area contributed by atoms with Gasteiger partial charge in [-0.3, -0.25) is 4.98 Å². The first-order valence-corrected chi connectivity index (χ1v) is 5.62. The molecule has 0 aliphatic carbocycles. The Balaban J connectivity index is 2.53. The predicted octanol–water partition coefficient (Wildman–Crippen LogP) is 1.38. The van der Waals surface area contributed by atoms with Crippen molar-refractivity contribution in [2.45, 2.75) is 13.8 Å². The molecule has 5 heteroatoms. The van der Waals surface area contributed by atoms with Crippen LogP contribution in [-0.2, 0) is 4.74 Å². The zero-order chi connectivity index (χ0) is 11.8. The van der Waals surface area contributed by atoms with Gasteiger partial charge in [0.25, 0.3) is 0 Å². The Morgan fingerprint density at radius 3 is 2.88 bits per heavy atom. The fourth-order valence-electron chi connectivity index (χ4n) is 1.27. The average molecular weight is 224 g/mol. The van der Waals surface area contributed by atoms with Crippen molar-refractivity contribution in [3.63, 3.8) is 0 Å². The lowest BCUT2D eigenvalue weighted by atomic mass is 10.5. The van der Waals surface area contributed by atoms with E-state index >= 15 is 0 Å². The number of ether oxygens (including phenoxy) is 1. The van der Waals surface area contributed by atoms with E-state index in [0.29, 0.717) is 6.61 Å². The first kappa shape index (κ1) is 12.7. The number of rotatable bonds is 7. The van der Waals surface area contributed by atoms with E-state index in [1.807, 2.05) is 25.8 Å². The van der Waals surface area contributed by atoms with Crippen molar-refractivity contribution in [3.8, 4) is 0 Å². The van der Waals surface area contributed by atoms with E-state index in [-0.39, 0.29) is 0 Å². The molecule has 0 amide bonds. The molecule has 1 aromatic rings. The van der Waals surface area contributed by atoms with Crippen molar-refractivity contribution < 1.29 is 4.74 Å². The van der Waals surface area contributed by atoms with E-state index < -0.39 is 0 Å². The summed E-state index contributed by atoms with van der Waals surface area (Å²) in [6.45, 7) is 7.15. The number of nitrogens with one attached hydrogen (secondary N) is 1. The van der Waals surface area contributed by atoms with E-state index in [4.69, 9.17) is 4.74 Å². The third-order valence-electron chi connectivity index (χ3n) is 2.15. The maximum absolute atomic E-state index is 5.30. The number of aromatic nitrogens is 2. The largest absolute Gasteiger partial charge is 0.380 e. The zero-order valence-corrected chi connectivity index (χ0v) is 10.2. The van der Waals surface area contributed by atoms with Gasteiger partial charge in [-0.1, -0.05) is 0 Å². The first-order chi connectivity index (χ1) is 7.77. The molecule has 0 spiro atoms. The van der Waals surface area contributed by atoms with Crippen LogP contribution in [0.4, 0.5) is 11.6 Å². The molecule has 0 aromatic carbocycles. The van der Waals surface area contributed by atoms with Crippen LogP contribution >= 0.6 is 0 Å². The van der Waals surface area contributed by atoms with E-state index in [9.17, 15) is 0 Å². The fourth-order valence-corrected chi connectivity index (χ4v) is 1.27. The van der Waals surface area contributed by atoms with Crippen LogP contribution < -0.4 is 10.2 Å². The minimum absolute atomic E-state index is 0.708. The normalized spacial score (nSPS) is 10.2. The molecule has 0 saturated heterocycles. The molecule has 0 atom stereocenters. The van der Waals surface area contributed by atoms with Gasteiger partial charge in [0.15, 0.2) is 0 Å². The smallest absolute Gasteiger partial charge is 0.149 e. The molecule has 0 saturated carbocycles. The van der Waals surface area contributed by atoms with E-state index in [2.05, 4.69) is 15.3 Å². The van der Waals surface area contributed by atoms with Crippen LogP contribution in [-0.4, -0.2) is 43.3 Å². The van der Waals surface area contributed by atoms with Gasteiger partial charge in [-0.2, -0.15) is 0 Å². The summed E-state index contributed by atoms with van der Waals surface area (Å²) in [4.78, 5) is 10.6. The van der Waals surface area contributed by atoms with Crippen molar-refractivity contribution in [2.24, 2.45) is 0 Å². The summed E-state index contributed by atoms with van der Waals surface area (Å²) in [5.41, 5.74) is 0. The molecule has 5 nitrogen and oxygen atoms in total. The summed E-state index contributed by atoms with van der Waals surface area (Å²) in [5, 5.41) is 3.14. The number of hydrogen-bond donors (Lipinski definition) is 1. The topological polar surface area (TPSA) is 50.3 Å². The highest BCUT2D eigenvalue weighted by Gasteiger charge is 2.03. The highest BCUT2D eigenvalue weighted by Crippen LogP contribution is 2.10. The van der Waals surface area contributed by atoms with Gasteiger partial charge in [-0.25, -0.2) is 4.98 Å². The van der Waals surface area contributed by atoms with Crippen LogP contribution in [0.3, 0.4) is 0 Å². The highest BCUT2D eigenvalue weighted by atomic mass is 16.5. The molecule has 0 unspecified atom stereocenters. The van der Waals surface area contributed by atoms with Gasteiger partial charge in [0.1, 0.15) is 11.6 Å². The lowest BCUT2D eigenvalue weighted by Gasteiger charge is -2.18. The molecule has 16 heavy (non-hydrogen) atoms. The molecule has 0 bridgehead atoms. The zero-order valence-electron chi connectivity index (χ0n) is 10.2. The van der Waals surface area contributed by atoms with Gasteiger partial charge in [0.2, 0.25) is 0 Å². The standard InChI is InChI=1S/C11H20N4O/c1-4-13-10-8-12-9-11(14-10)15(3)6-7-16-5-2/h8-9H,4-7H2,1-3H3,(H,13,14). The Labute approximate surface area is 96.8 Å². The molecule has 90 valence electrons. The number of anilines is 2. The maximum Gasteiger partial charge on any atom is 0.149 e. The summed E-state index contributed by atoms with van der Waals surface area (Å²) < 4.78 is 5.30. The second kappa shape index (κ2) is 7.00. The lowest BCUT2D eigenvalue weighted by molar-refractivity contribution is 0.154. The molecular weight excluding hydrogens is 204 g/mol. The summed E-state index contributed by atoms with van der Waals surface area (Å²) in [5.74, 6) is 1.67. The van der Waals surface area contributed by atoms with Crippen LogP contribution in [0.2, 0.25) is 0 Å². The van der Waals surface area contributed by atoms with Gasteiger partial charge in [0, 0.05) is 26.7 Å². The van der Waals surface area contributed by atoms with Gasteiger partial charge >= 0.3 is 0 Å². The quantitative estimate of drug-likeness (QED) is 0.709. The van der Waals surface area contributed by atoms with E-state index in [1.165, 1.54) is 0 Å². The Hall–Kier alpha value is -1.36. The molecule has 0 radical (unpaired) electrons. The van der Waals surface area contributed by atoms with Crippen LogP contribution in [0.5, 0.6) is 0 Å². The SMILES string of the molecule is CCNc1cncc(N(C)CCOCC)n1. The van der Waals surface area contributed by atoms with Gasteiger partial charge in [0.05, 0.1) is 19.0 Å². The second-order valence-corrected chi connectivity index (χ2v) is 3.41. The lowest BCUT2D eigenvalue weighted by Crippen LogP contribution is -2.24. The number of nitrogens with zero attached hydrogens (tertiary/aromatic N) is 3. The van der Waals surface area contributed by atoms with Crippen LogP contribution in [0.25, 0.3) is 0 Å². The monoisotopic (exact) mass is 224 g/mol. The number of likely N-dealkylation sites (N-methyl/N-ethyl adjacent to an activating group) is 1. The van der Waals surface area contributed by atoms with Crippen LogP contribution in [0, 0.1) is 0 Å². The minimum Gasteiger partial charge on any atom is -0.380 e. The van der Waals surface area contributed by atoms with Crippen LogP contribution in [0.15, 0.2) is 12.4 Å². The van der Waals surface area contributed by atoms with E-state index in [0.717, 1.165) is 31.3 Å². The number of hydrogen-bond acceptors (Lipinski definition) is 5. The fraction of sp³-hybridized carbons (Fsp3) is 0.636. The van der Waals surface area contributed by atoms with Crippen molar-refractivity contribution >= 4 is 11.6 Å². The second-order valence-electron chi connectivity index (χ2n) is 3.41. The maximum atomic E-state index is 5.30. The first-order valence-electron chi connectivity index (χ1n) is 5.62. The summed E-state index contributed by atoms with van der Waals surface area (Å²) >= 11 is 0. The summed E-state index contributed by atoms with van der Waals surface area (Å²) in [6.07, 6.45) is 3.48. The van der Waals surface area contributed by atoms with Gasteiger partial charge < -0.3 is 15.0 Å². The Morgan fingerprint density at radius 2 is 2.19 bits per heavy atom. The van der Waals surface area contributed by atoms with Gasteiger partial charge in [-0.05, 0) is 13.8 Å². The third-order valence-corrected chi connectivity index (χ3v) is 2.15. The molecule has 1 heterocycles. The third kappa shape index (κ3) is 4.02. The molecule has 0 aliphatic heterocycles. The highest BCUT2D eigenvalue weighted by molar-refractivity contribution is 5.42. The molecule has 1 N–H and O–H groups in total. The summed E-state index contributed by atoms with van der Waals surface area (Å²) in [6, 6.07) is 0. The van der Waals surface area contributed by atoms with Crippen molar-refractivity contribution in [1.29, 1.82) is 0 Å². The van der Waals surface area contributed by atoms with Crippen LogP contribution in [0.1, 0.15) is 13.8 Å². The van der Waals surface area contributed by atoms with Crippen molar-refractivity contribution in [3.05, 3.63) is 12.4 Å². The van der Waals surface area contributed by atoms with Gasteiger partial charge in [-0.15, -0.1) is 0 Å². The molecule has 1 aromatic heterocycles. The molecule has 0 aliphatic rings. The molecule has 0 fully saturated rings. The molecular formula is C11H20N4O. The van der Waals surface area contributed by atoms with E-state index in [1.54, 1.807) is 12.4 Å². The average Bonchev–Trinajstić information content (AvgIpc) is 2.30.